The van der Waals surface area contributed by atoms with Crippen LogP contribution < -0.4 is 5.32 Å². The number of nitrogens with one attached hydrogen (secondary N) is 2. The number of hydrogen-bond acceptors (Lipinski definition) is 4. The van der Waals surface area contributed by atoms with Crippen molar-refractivity contribution in [3.63, 3.8) is 0 Å². The summed E-state index contributed by atoms with van der Waals surface area (Å²) in [6.45, 7) is 0.522. The maximum absolute atomic E-state index is 11.8. The third kappa shape index (κ3) is 2.95. The zero-order valence-electron chi connectivity index (χ0n) is 10.1. The van der Waals surface area contributed by atoms with Gasteiger partial charge in [-0.2, -0.15) is 0 Å². The van der Waals surface area contributed by atoms with Crippen LogP contribution in [0.15, 0.2) is 42.9 Å². The topological polar surface area (TPSA) is 67.0 Å². The van der Waals surface area contributed by atoms with Gasteiger partial charge in [-0.1, -0.05) is 30.3 Å². The molecule has 1 heterocycles. The number of H-pyrrole nitrogens is 1. The zero-order chi connectivity index (χ0) is 12.8. The summed E-state index contributed by atoms with van der Waals surface area (Å²) in [5, 5.41) is 3.14. The molecule has 0 saturated carbocycles. The molecule has 0 radical (unpaired) electrons. The Hall–Kier alpha value is -2.14. The van der Waals surface area contributed by atoms with Gasteiger partial charge in [0, 0.05) is 18.4 Å². The number of rotatable bonds is 5. The average Bonchev–Trinajstić information content (AvgIpc) is 2.93. The van der Waals surface area contributed by atoms with Gasteiger partial charge in [-0.15, -0.1) is 0 Å². The average molecular weight is 245 g/mol. The summed E-state index contributed by atoms with van der Waals surface area (Å²) in [5.41, 5.74) is 1.80. The standard InChI is InChI=1S/C13H15N3O2/c1-18-13(17)12(10-5-3-2-4-6-10)15-8-11-7-14-9-16-11/h2-7,9,12,15H,8H2,1H3,(H,14,16). The molecule has 0 aliphatic carbocycles. The third-order valence-electron chi connectivity index (χ3n) is 2.62. The minimum Gasteiger partial charge on any atom is -0.468 e. The number of hydrogen-bond donors (Lipinski definition) is 2. The highest BCUT2D eigenvalue weighted by Crippen LogP contribution is 2.14. The van der Waals surface area contributed by atoms with Crippen molar-refractivity contribution in [2.24, 2.45) is 0 Å². The molecule has 0 fully saturated rings. The molecule has 0 amide bonds. The van der Waals surface area contributed by atoms with Crippen LogP contribution in [0.2, 0.25) is 0 Å². The van der Waals surface area contributed by atoms with E-state index in [1.807, 2.05) is 30.3 Å². The fourth-order valence-corrected chi connectivity index (χ4v) is 1.69. The molecule has 0 saturated heterocycles. The quantitative estimate of drug-likeness (QED) is 0.782. The number of carbonyl (C=O) groups is 1. The van der Waals surface area contributed by atoms with E-state index in [9.17, 15) is 4.79 Å². The summed E-state index contributed by atoms with van der Waals surface area (Å²) in [4.78, 5) is 18.7. The Morgan fingerprint density at radius 3 is 2.83 bits per heavy atom. The van der Waals surface area contributed by atoms with Crippen LogP contribution in [0.3, 0.4) is 0 Å². The van der Waals surface area contributed by atoms with E-state index >= 15 is 0 Å². The number of benzene rings is 1. The fourth-order valence-electron chi connectivity index (χ4n) is 1.69. The highest BCUT2D eigenvalue weighted by molar-refractivity contribution is 5.77. The predicted octanol–water partition coefficient (Wildman–Crippen LogP) is 1.41. The van der Waals surface area contributed by atoms with Crippen molar-refractivity contribution in [1.29, 1.82) is 0 Å². The molecule has 0 spiro atoms. The Kier molecular flexibility index (Phi) is 4.09. The number of nitrogens with zero attached hydrogens (tertiary/aromatic N) is 1. The monoisotopic (exact) mass is 245 g/mol. The third-order valence-corrected chi connectivity index (χ3v) is 2.62. The van der Waals surface area contributed by atoms with Crippen LogP contribution in [0.25, 0.3) is 0 Å². The van der Waals surface area contributed by atoms with Gasteiger partial charge in [0.05, 0.1) is 13.4 Å². The summed E-state index contributed by atoms with van der Waals surface area (Å²) in [5.74, 6) is -0.305. The molecule has 2 N–H and O–H groups in total. The molecule has 0 bridgehead atoms. The Balaban J connectivity index is 2.09. The van der Waals surface area contributed by atoms with Gasteiger partial charge < -0.3 is 9.72 Å². The number of carbonyl (C=O) groups excluding carboxylic acids is 1. The molecule has 5 heteroatoms. The number of aromatic nitrogens is 2. The largest absolute Gasteiger partial charge is 0.468 e. The van der Waals surface area contributed by atoms with Crippen molar-refractivity contribution in [3.8, 4) is 0 Å². The van der Waals surface area contributed by atoms with E-state index in [1.165, 1.54) is 7.11 Å². The predicted molar refractivity (Wildman–Crippen MR) is 66.6 cm³/mol. The maximum Gasteiger partial charge on any atom is 0.327 e. The van der Waals surface area contributed by atoms with Gasteiger partial charge in [0.15, 0.2) is 0 Å². The summed E-state index contributed by atoms with van der Waals surface area (Å²) in [6.07, 6.45) is 3.32. The Morgan fingerprint density at radius 1 is 1.44 bits per heavy atom. The summed E-state index contributed by atoms with van der Waals surface area (Å²) < 4.78 is 4.81. The van der Waals surface area contributed by atoms with E-state index in [4.69, 9.17) is 4.74 Å². The molecule has 18 heavy (non-hydrogen) atoms. The molecule has 5 nitrogen and oxygen atoms in total. The van der Waals surface area contributed by atoms with E-state index in [-0.39, 0.29) is 5.97 Å². The summed E-state index contributed by atoms with van der Waals surface area (Å²) in [6, 6.07) is 9.00. The smallest absolute Gasteiger partial charge is 0.327 e. The van der Waals surface area contributed by atoms with Crippen molar-refractivity contribution in [2.75, 3.05) is 7.11 Å². The van der Waals surface area contributed by atoms with Crippen LogP contribution in [0.5, 0.6) is 0 Å². The van der Waals surface area contributed by atoms with Gasteiger partial charge in [-0.25, -0.2) is 9.78 Å². The molecular weight excluding hydrogens is 230 g/mol. The molecule has 1 aromatic heterocycles. The first-order valence-corrected chi connectivity index (χ1v) is 5.64. The van der Waals surface area contributed by atoms with Gasteiger partial charge in [-0.05, 0) is 5.56 Å². The molecule has 94 valence electrons. The molecule has 1 atom stereocenters. The van der Waals surface area contributed by atoms with Crippen LogP contribution >= 0.6 is 0 Å². The van der Waals surface area contributed by atoms with E-state index < -0.39 is 6.04 Å². The maximum atomic E-state index is 11.8. The number of imidazole rings is 1. The minimum atomic E-state index is -0.473. The number of esters is 1. The molecular formula is C13H15N3O2. The first-order valence-electron chi connectivity index (χ1n) is 5.64. The van der Waals surface area contributed by atoms with Crippen molar-refractivity contribution in [2.45, 2.75) is 12.6 Å². The second kappa shape index (κ2) is 5.97. The van der Waals surface area contributed by atoms with Crippen LogP contribution in [0.1, 0.15) is 17.3 Å². The second-order valence-corrected chi connectivity index (χ2v) is 3.82. The van der Waals surface area contributed by atoms with Gasteiger partial charge in [-0.3, -0.25) is 5.32 Å². The van der Waals surface area contributed by atoms with E-state index in [2.05, 4.69) is 15.3 Å². The lowest BCUT2D eigenvalue weighted by atomic mass is 10.1. The van der Waals surface area contributed by atoms with Crippen LogP contribution in [0.4, 0.5) is 0 Å². The zero-order valence-corrected chi connectivity index (χ0v) is 10.1. The highest BCUT2D eigenvalue weighted by atomic mass is 16.5. The normalized spacial score (nSPS) is 12.1. The number of aromatic amines is 1. The Bertz CT molecular complexity index is 482. The Labute approximate surface area is 105 Å². The van der Waals surface area contributed by atoms with Gasteiger partial charge >= 0.3 is 5.97 Å². The lowest BCUT2D eigenvalue weighted by Gasteiger charge is -2.16. The van der Waals surface area contributed by atoms with Crippen molar-refractivity contribution < 1.29 is 9.53 Å². The Morgan fingerprint density at radius 2 is 2.22 bits per heavy atom. The lowest BCUT2D eigenvalue weighted by molar-refractivity contribution is -0.143. The summed E-state index contributed by atoms with van der Waals surface area (Å²) >= 11 is 0. The highest BCUT2D eigenvalue weighted by Gasteiger charge is 2.20. The van der Waals surface area contributed by atoms with Gasteiger partial charge in [0.25, 0.3) is 0 Å². The SMILES string of the molecule is COC(=O)C(NCc1cnc[nH]1)c1ccccc1. The van der Waals surface area contributed by atoms with Crippen LogP contribution in [0, 0.1) is 0 Å². The van der Waals surface area contributed by atoms with E-state index in [1.54, 1.807) is 12.5 Å². The minimum absolute atomic E-state index is 0.305. The molecule has 1 aromatic carbocycles. The van der Waals surface area contributed by atoms with Crippen molar-refractivity contribution in [1.82, 2.24) is 15.3 Å². The first-order chi connectivity index (χ1) is 8.81. The first kappa shape index (κ1) is 12.3. The van der Waals surface area contributed by atoms with Gasteiger partial charge in [0.2, 0.25) is 0 Å². The van der Waals surface area contributed by atoms with Crippen molar-refractivity contribution >= 4 is 5.97 Å². The second-order valence-electron chi connectivity index (χ2n) is 3.82. The van der Waals surface area contributed by atoms with E-state index in [0.717, 1.165) is 11.3 Å². The summed E-state index contributed by atoms with van der Waals surface area (Å²) in [7, 11) is 1.39. The van der Waals surface area contributed by atoms with Crippen LogP contribution in [-0.4, -0.2) is 23.0 Å². The number of methoxy groups -OCH3 is 1. The van der Waals surface area contributed by atoms with Gasteiger partial charge in [0.1, 0.15) is 6.04 Å². The molecule has 1 unspecified atom stereocenters. The fraction of sp³-hybridized carbons (Fsp3) is 0.231. The lowest BCUT2D eigenvalue weighted by Crippen LogP contribution is -2.29. The molecule has 2 rings (SSSR count). The number of ether oxygens (including phenoxy) is 1. The molecule has 0 aliphatic rings. The molecule has 2 aromatic rings. The van der Waals surface area contributed by atoms with E-state index in [0.29, 0.717) is 6.54 Å². The van der Waals surface area contributed by atoms with Crippen molar-refractivity contribution in [3.05, 3.63) is 54.1 Å². The van der Waals surface area contributed by atoms with Crippen LogP contribution in [-0.2, 0) is 16.1 Å². The molecule has 0 aliphatic heterocycles.